The van der Waals surface area contributed by atoms with Gasteiger partial charge in [0.2, 0.25) is 0 Å². The number of alkyl halides is 3. The molecule has 2 aromatic heterocycles. The number of nitrogens with two attached hydrogens (primary N) is 1. The highest BCUT2D eigenvalue weighted by Gasteiger charge is 2.33. The van der Waals surface area contributed by atoms with E-state index in [-0.39, 0.29) is 4.70 Å². The van der Waals surface area contributed by atoms with Gasteiger partial charge in [0.15, 0.2) is 0 Å². The van der Waals surface area contributed by atoms with E-state index in [1.54, 1.807) is 18.2 Å². The molecule has 2 heterocycles. The number of aromatic amines is 1. The van der Waals surface area contributed by atoms with Crippen LogP contribution in [0.15, 0.2) is 30.3 Å². The molecule has 3 N–H and O–H groups in total. The Balaban J connectivity index is 2.21. The molecule has 0 aliphatic rings. The lowest BCUT2D eigenvalue weighted by molar-refractivity contribution is -0.136. The third-order valence-corrected chi connectivity index (χ3v) is 3.93. The van der Waals surface area contributed by atoms with Crippen molar-refractivity contribution in [3.63, 3.8) is 0 Å². The van der Waals surface area contributed by atoms with Crippen LogP contribution in [-0.4, -0.2) is 10.2 Å². The Morgan fingerprint density at radius 2 is 2.00 bits per heavy atom. The van der Waals surface area contributed by atoms with E-state index < -0.39 is 11.7 Å². The first-order valence-corrected chi connectivity index (χ1v) is 6.18. The molecule has 0 saturated carbocycles. The van der Waals surface area contributed by atoms with E-state index in [4.69, 9.17) is 5.73 Å². The van der Waals surface area contributed by atoms with E-state index in [2.05, 4.69) is 10.2 Å². The number of H-pyrrole nitrogens is 1. The highest BCUT2D eigenvalue weighted by atomic mass is 32.1. The van der Waals surface area contributed by atoms with Gasteiger partial charge >= 0.3 is 6.18 Å². The predicted octanol–water partition coefficient (Wildman–Crippen LogP) is 3.89. The molecule has 0 aliphatic carbocycles. The van der Waals surface area contributed by atoms with Crippen LogP contribution in [-0.2, 0) is 6.18 Å². The molecule has 0 saturated heterocycles. The standard InChI is InChI=1S/C12H8F3N3S/c13-12(14,15)7-3-1-2-6-4-9(19-11(6)7)8-5-10(16)18-17-8/h1-5H,(H3,16,17,18). The number of hydrogen-bond acceptors (Lipinski definition) is 3. The zero-order chi connectivity index (χ0) is 13.6. The molecule has 7 heteroatoms. The van der Waals surface area contributed by atoms with Crippen LogP contribution >= 0.6 is 11.3 Å². The lowest BCUT2D eigenvalue weighted by atomic mass is 10.1. The minimum absolute atomic E-state index is 0.221. The first kappa shape index (κ1) is 12.0. The molecule has 0 bridgehead atoms. The molecule has 0 radical (unpaired) electrons. The van der Waals surface area contributed by atoms with Gasteiger partial charge < -0.3 is 5.73 Å². The lowest BCUT2D eigenvalue weighted by Crippen LogP contribution is -2.04. The number of aromatic nitrogens is 2. The van der Waals surface area contributed by atoms with Crippen molar-refractivity contribution in [2.75, 3.05) is 5.73 Å². The molecular formula is C12H8F3N3S. The average molecular weight is 283 g/mol. The molecule has 3 aromatic rings. The van der Waals surface area contributed by atoms with Gasteiger partial charge in [-0.3, -0.25) is 5.10 Å². The quantitative estimate of drug-likeness (QED) is 0.711. The highest BCUT2D eigenvalue weighted by molar-refractivity contribution is 7.22. The molecule has 98 valence electrons. The number of anilines is 1. The molecule has 0 unspecified atom stereocenters. The Hall–Kier alpha value is -2.02. The minimum atomic E-state index is -4.35. The first-order chi connectivity index (χ1) is 8.95. The number of nitrogens with one attached hydrogen (secondary N) is 1. The normalized spacial score (nSPS) is 12.2. The van der Waals surface area contributed by atoms with Crippen molar-refractivity contribution in [3.05, 3.63) is 35.9 Å². The Labute approximate surface area is 109 Å². The fraction of sp³-hybridized carbons (Fsp3) is 0.0833. The smallest absolute Gasteiger partial charge is 0.382 e. The van der Waals surface area contributed by atoms with Gasteiger partial charge in [0.05, 0.1) is 16.1 Å². The van der Waals surface area contributed by atoms with Crippen LogP contribution in [0.25, 0.3) is 20.7 Å². The van der Waals surface area contributed by atoms with Gasteiger partial charge in [-0.25, -0.2) is 0 Å². The monoisotopic (exact) mass is 283 g/mol. The summed E-state index contributed by atoms with van der Waals surface area (Å²) in [6, 6.07) is 7.44. The molecule has 0 atom stereocenters. The van der Waals surface area contributed by atoms with Gasteiger partial charge in [-0.1, -0.05) is 12.1 Å². The second kappa shape index (κ2) is 3.99. The van der Waals surface area contributed by atoms with Gasteiger partial charge in [-0.2, -0.15) is 18.3 Å². The number of rotatable bonds is 1. The van der Waals surface area contributed by atoms with E-state index >= 15 is 0 Å². The van der Waals surface area contributed by atoms with Crippen LogP contribution in [0, 0.1) is 0 Å². The highest BCUT2D eigenvalue weighted by Crippen LogP contribution is 2.41. The second-order valence-electron chi connectivity index (χ2n) is 4.04. The third-order valence-electron chi connectivity index (χ3n) is 2.71. The van der Waals surface area contributed by atoms with Gasteiger partial charge in [0.25, 0.3) is 0 Å². The van der Waals surface area contributed by atoms with Crippen molar-refractivity contribution < 1.29 is 13.2 Å². The summed E-state index contributed by atoms with van der Waals surface area (Å²) in [5, 5.41) is 7.02. The van der Waals surface area contributed by atoms with Crippen LogP contribution < -0.4 is 5.73 Å². The number of hydrogen-bond donors (Lipinski definition) is 2. The summed E-state index contributed by atoms with van der Waals surface area (Å²) in [5.74, 6) is 0.309. The zero-order valence-electron chi connectivity index (χ0n) is 9.45. The average Bonchev–Trinajstić information content (AvgIpc) is 2.92. The number of nitrogens with zero attached hydrogens (tertiary/aromatic N) is 1. The summed E-state index contributed by atoms with van der Waals surface area (Å²) in [5.41, 5.74) is 5.49. The fourth-order valence-electron chi connectivity index (χ4n) is 1.88. The summed E-state index contributed by atoms with van der Waals surface area (Å²) in [6.07, 6.45) is -4.35. The third kappa shape index (κ3) is 2.06. The molecule has 1 aromatic carbocycles. The Kier molecular flexibility index (Phi) is 2.53. The van der Waals surface area contributed by atoms with Crippen LogP contribution in [0.4, 0.5) is 19.0 Å². The maximum Gasteiger partial charge on any atom is 0.417 e. The minimum Gasteiger partial charge on any atom is -0.382 e. The van der Waals surface area contributed by atoms with E-state index in [0.717, 1.165) is 17.4 Å². The number of benzene rings is 1. The largest absolute Gasteiger partial charge is 0.417 e. The van der Waals surface area contributed by atoms with Crippen molar-refractivity contribution in [1.82, 2.24) is 10.2 Å². The summed E-state index contributed by atoms with van der Waals surface area (Å²) < 4.78 is 38.9. The van der Waals surface area contributed by atoms with E-state index in [1.807, 2.05) is 0 Å². The van der Waals surface area contributed by atoms with Crippen LogP contribution in [0.1, 0.15) is 5.56 Å². The van der Waals surface area contributed by atoms with E-state index in [0.29, 0.717) is 21.8 Å². The number of fused-ring (bicyclic) bond motifs is 1. The van der Waals surface area contributed by atoms with Crippen molar-refractivity contribution in [2.24, 2.45) is 0 Å². The molecule has 0 spiro atoms. The molecule has 0 fully saturated rings. The lowest BCUT2D eigenvalue weighted by Gasteiger charge is -2.06. The van der Waals surface area contributed by atoms with Crippen LogP contribution in [0.2, 0.25) is 0 Å². The number of halogens is 3. The SMILES string of the molecule is Nc1cc(-c2cc3cccc(C(F)(F)F)c3s2)[nH]n1. The summed E-state index contributed by atoms with van der Waals surface area (Å²) in [7, 11) is 0. The second-order valence-corrected chi connectivity index (χ2v) is 5.09. The summed E-state index contributed by atoms with van der Waals surface area (Å²) in [4.78, 5) is 0.677. The first-order valence-electron chi connectivity index (χ1n) is 5.36. The predicted molar refractivity (Wildman–Crippen MR) is 68.8 cm³/mol. The van der Waals surface area contributed by atoms with Crippen LogP contribution in [0.5, 0.6) is 0 Å². The van der Waals surface area contributed by atoms with Crippen molar-refractivity contribution in [1.29, 1.82) is 0 Å². The van der Waals surface area contributed by atoms with Gasteiger partial charge in [-0.15, -0.1) is 11.3 Å². The summed E-state index contributed by atoms with van der Waals surface area (Å²) >= 11 is 1.07. The summed E-state index contributed by atoms with van der Waals surface area (Å²) in [6.45, 7) is 0. The molecular weight excluding hydrogens is 275 g/mol. The zero-order valence-corrected chi connectivity index (χ0v) is 10.3. The number of nitrogen functional groups attached to an aromatic ring is 1. The molecule has 3 nitrogen and oxygen atoms in total. The van der Waals surface area contributed by atoms with Gasteiger partial charge in [0.1, 0.15) is 5.82 Å². The van der Waals surface area contributed by atoms with Crippen molar-refractivity contribution in [2.45, 2.75) is 6.18 Å². The maximum absolute atomic E-state index is 12.9. The molecule has 0 amide bonds. The Morgan fingerprint density at radius 3 is 2.63 bits per heavy atom. The molecule has 19 heavy (non-hydrogen) atoms. The topological polar surface area (TPSA) is 54.7 Å². The molecule has 3 rings (SSSR count). The molecule has 0 aliphatic heterocycles. The fourth-order valence-corrected chi connectivity index (χ4v) is 3.04. The Bertz CT molecular complexity index is 742. The van der Waals surface area contributed by atoms with E-state index in [1.165, 1.54) is 6.07 Å². The van der Waals surface area contributed by atoms with Crippen LogP contribution in [0.3, 0.4) is 0 Å². The van der Waals surface area contributed by atoms with Crippen molar-refractivity contribution in [3.8, 4) is 10.6 Å². The van der Waals surface area contributed by atoms with Gasteiger partial charge in [-0.05, 0) is 17.5 Å². The van der Waals surface area contributed by atoms with Crippen molar-refractivity contribution >= 4 is 27.2 Å². The van der Waals surface area contributed by atoms with Gasteiger partial charge in [0, 0.05) is 10.8 Å². The number of thiophene rings is 1. The van der Waals surface area contributed by atoms with E-state index in [9.17, 15) is 13.2 Å². The Morgan fingerprint density at radius 1 is 1.21 bits per heavy atom. The maximum atomic E-state index is 12.9.